The van der Waals surface area contributed by atoms with Crippen molar-refractivity contribution < 1.29 is 9.21 Å². The van der Waals surface area contributed by atoms with Crippen LogP contribution in [0.1, 0.15) is 21.9 Å². The normalized spacial score (nSPS) is 11.3. The zero-order chi connectivity index (χ0) is 17.3. The molecule has 0 radical (unpaired) electrons. The van der Waals surface area contributed by atoms with E-state index in [1.54, 1.807) is 11.6 Å². The van der Waals surface area contributed by atoms with Crippen molar-refractivity contribution >= 4 is 29.1 Å². The molecule has 0 spiro atoms. The van der Waals surface area contributed by atoms with Gasteiger partial charge in [0.05, 0.1) is 6.54 Å². The number of hydrogen-bond donors (Lipinski definition) is 2. The van der Waals surface area contributed by atoms with E-state index in [1.807, 2.05) is 43.3 Å². The monoisotopic (exact) mass is 345 g/mol. The molecule has 3 rings (SSSR count). The first-order chi connectivity index (χ1) is 11.5. The zero-order valence-electron chi connectivity index (χ0n) is 13.8. The number of nitrogens with one attached hydrogen (secondary N) is 2. The molecular weight excluding hydrogens is 326 g/mol. The smallest absolute Gasteiger partial charge is 0.287 e. The van der Waals surface area contributed by atoms with Gasteiger partial charge in [0, 0.05) is 24.5 Å². The molecule has 8 heteroatoms. The molecule has 7 nitrogen and oxygen atoms in total. The number of rotatable bonds is 5. The predicted molar refractivity (Wildman–Crippen MR) is 93.2 cm³/mol. The van der Waals surface area contributed by atoms with Gasteiger partial charge in [-0.05, 0) is 32.4 Å². The van der Waals surface area contributed by atoms with Crippen LogP contribution in [0.25, 0.3) is 11.0 Å². The maximum Gasteiger partial charge on any atom is 0.287 e. The SMILES string of the molecule is CN(C)Cc1c(C(=O)NCc2n[nH]c(=S)n2C)oc2ccccc12. The van der Waals surface area contributed by atoms with Crippen LogP contribution in [-0.2, 0) is 20.1 Å². The first kappa shape index (κ1) is 16.4. The number of H-pyrrole nitrogens is 1. The second-order valence-corrected chi connectivity index (χ2v) is 6.22. The van der Waals surface area contributed by atoms with Gasteiger partial charge in [-0.3, -0.25) is 9.89 Å². The number of fused-ring (bicyclic) bond motifs is 1. The first-order valence-corrected chi connectivity index (χ1v) is 7.92. The molecule has 0 fully saturated rings. The van der Waals surface area contributed by atoms with E-state index in [4.69, 9.17) is 16.6 Å². The van der Waals surface area contributed by atoms with E-state index in [9.17, 15) is 4.79 Å². The van der Waals surface area contributed by atoms with Crippen LogP contribution in [-0.4, -0.2) is 39.7 Å². The lowest BCUT2D eigenvalue weighted by Crippen LogP contribution is -2.25. The summed E-state index contributed by atoms with van der Waals surface area (Å²) in [6.07, 6.45) is 0. The van der Waals surface area contributed by atoms with Gasteiger partial charge in [-0.25, -0.2) is 0 Å². The van der Waals surface area contributed by atoms with Crippen molar-refractivity contribution in [1.29, 1.82) is 0 Å². The van der Waals surface area contributed by atoms with E-state index < -0.39 is 0 Å². The quantitative estimate of drug-likeness (QED) is 0.693. The summed E-state index contributed by atoms with van der Waals surface area (Å²) in [5.41, 5.74) is 1.58. The summed E-state index contributed by atoms with van der Waals surface area (Å²) in [5, 5.41) is 10.6. The lowest BCUT2D eigenvalue weighted by molar-refractivity contribution is 0.0921. The third-order valence-electron chi connectivity index (χ3n) is 3.76. The van der Waals surface area contributed by atoms with Crippen LogP contribution in [0.15, 0.2) is 28.7 Å². The largest absolute Gasteiger partial charge is 0.451 e. The topological polar surface area (TPSA) is 79.1 Å². The molecule has 1 amide bonds. The number of carbonyl (C=O) groups excluding carboxylic acids is 1. The average molecular weight is 345 g/mol. The Kier molecular flexibility index (Phi) is 4.50. The van der Waals surface area contributed by atoms with Crippen molar-refractivity contribution in [2.45, 2.75) is 13.1 Å². The van der Waals surface area contributed by atoms with E-state index >= 15 is 0 Å². The van der Waals surface area contributed by atoms with Crippen molar-refractivity contribution in [1.82, 2.24) is 25.0 Å². The second-order valence-electron chi connectivity index (χ2n) is 5.83. The number of hydrogen-bond acceptors (Lipinski definition) is 5. The molecule has 1 aromatic carbocycles. The third-order valence-corrected chi connectivity index (χ3v) is 4.12. The fourth-order valence-electron chi connectivity index (χ4n) is 2.53. The standard InChI is InChI=1S/C16H19N5O2S/c1-20(2)9-11-10-6-4-5-7-12(10)23-14(11)15(22)17-8-13-18-19-16(24)21(13)3/h4-7H,8-9H2,1-3H3,(H,17,22)(H,19,24). The second kappa shape index (κ2) is 6.58. The van der Waals surface area contributed by atoms with Gasteiger partial charge in [0.25, 0.3) is 5.91 Å². The minimum atomic E-state index is -0.267. The number of nitrogens with zero attached hydrogens (tertiary/aromatic N) is 3. The molecule has 0 atom stereocenters. The minimum Gasteiger partial charge on any atom is -0.451 e. The molecule has 3 aromatic rings. The zero-order valence-corrected chi connectivity index (χ0v) is 14.6. The number of aromatic amines is 1. The Morgan fingerprint density at radius 3 is 2.83 bits per heavy atom. The summed E-state index contributed by atoms with van der Waals surface area (Å²) >= 11 is 5.07. The van der Waals surface area contributed by atoms with Crippen LogP contribution < -0.4 is 5.32 Å². The van der Waals surface area contributed by atoms with Crippen molar-refractivity contribution in [3.05, 3.63) is 46.2 Å². The highest BCUT2D eigenvalue weighted by molar-refractivity contribution is 7.71. The van der Waals surface area contributed by atoms with Gasteiger partial charge in [-0.2, -0.15) is 5.10 Å². The average Bonchev–Trinajstić information content (AvgIpc) is 3.07. The predicted octanol–water partition coefficient (Wildman–Crippen LogP) is 2.22. The van der Waals surface area contributed by atoms with Gasteiger partial charge < -0.3 is 19.2 Å². The highest BCUT2D eigenvalue weighted by Crippen LogP contribution is 2.26. The fraction of sp³-hybridized carbons (Fsp3) is 0.312. The van der Waals surface area contributed by atoms with Gasteiger partial charge in [0.1, 0.15) is 5.58 Å². The number of benzene rings is 1. The third kappa shape index (κ3) is 3.10. The molecule has 0 unspecified atom stereocenters. The molecule has 2 heterocycles. The van der Waals surface area contributed by atoms with Crippen LogP contribution in [0.3, 0.4) is 0 Å². The number of amides is 1. The lowest BCUT2D eigenvalue weighted by atomic mass is 10.1. The number of carbonyl (C=O) groups is 1. The van der Waals surface area contributed by atoms with Crippen LogP contribution >= 0.6 is 12.2 Å². The molecule has 0 aliphatic heterocycles. The van der Waals surface area contributed by atoms with E-state index in [1.165, 1.54) is 0 Å². The van der Waals surface area contributed by atoms with Crippen molar-refractivity contribution in [2.75, 3.05) is 14.1 Å². The molecule has 2 aromatic heterocycles. The molecule has 126 valence electrons. The molecular formula is C16H19N5O2S. The van der Waals surface area contributed by atoms with E-state index in [-0.39, 0.29) is 12.5 Å². The molecule has 0 saturated carbocycles. The maximum atomic E-state index is 12.6. The number of furan rings is 1. The summed E-state index contributed by atoms with van der Waals surface area (Å²) in [4.78, 5) is 14.6. The highest BCUT2D eigenvalue weighted by Gasteiger charge is 2.21. The van der Waals surface area contributed by atoms with Crippen LogP contribution in [0.4, 0.5) is 0 Å². The molecule has 24 heavy (non-hydrogen) atoms. The van der Waals surface area contributed by atoms with Gasteiger partial charge >= 0.3 is 0 Å². The van der Waals surface area contributed by atoms with Gasteiger partial charge in [0.15, 0.2) is 16.4 Å². The fourth-order valence-corrected chi connectivity index (χ4v) is 2.68. The van der Waals surface area contributed by atoms with E-state index in [0.29, 0.717) is 28.5 Å². The van der Waals surface area contributed by atoms with Gasteiger partial charge in [0.2, 0.25) is 0 Å². The Balaban J connectivity index is 1.88. The van der Waals surface area contributed by atoms with Crippen LogP contribution in [0, 0.1) is 4.77 Å². The Bertz CT molecular complexity index is 937. The van der Waals surface area contributed by atoms with Crippen molar-refractivity contribution in [3.8, 4) is 0 Å². The number of aromatic nitrogens is 3. The van der Waals surface area contributed by atoms with Crippen molar-refractivity contribution in [3.63, 3.8) is 0 Å². The molecule has 2 N–H and O–H groups in total. The summed E-state index contributed by atoms with van der Waals surface area (Å²) < 4.78 is 8.02. The highest BCUT2D eigenvalue weighted by atomic mass is 32.1. The molecule has 0 aliphatic carbocycles. The Morgan fingerprint density at radius 1 is 1.42 bits per heavy atom. The lowest BCUT2D eigenvalue weighted by Gasteiger charge is -2.10. The molecule has 0 bridgehead atoms. The van der Waals surface area contributed by atoms with Crippen LogP contribution in [0.2, 0.25) is 0 Å². The molecule has 0 saturated heterocycles. The summed E-state index contributed by atoms with van der Waals surface area (Å²) in [7, 11) is 5.71. The summed E-state index contributed by atoms with van der Waals surface area (Å²) in [5.74, 6) is 0.720. The summed E-state index contributed by atoms with van der Waals surface area (Å²) in [6.45, 7) is 0.882. The number of para-hydroxylation sites is 1. The maximum absolute atomic E-state index is 12.6. The Hall–Kier alpha value is -2.45. The first-order valence-electron chi connectivity index (χ1n) is 7.51. The van der Waals surface area contributed by atoms with E-state index in [2.05, 4.69) is 15.5 Å². The van der Waals surface area contributed by atoms with Gasteiger partial charge in [-0.1, -0.05) is 18.2 Å². The van der Waals surface area contributed by atoms with Crippen LogP contribution in [0.5, 0.6) is 0 Å². The Morgan fingerprint density at radius 2 is 2.17 bits per heavy atom. The Labute approximate surface area is 144 Å². The van der Waals surface area contributed by atoms with E-state index in [0.717, 1.165) is 10.9 Å². The summed E-state index contributed by atoms with van der Waals surface area (Å²) in [6, 6.07) is 7.66. The van der Waals surface area contributed by atoms with Crippen molar-refractivity contribution in [2.24, 2.45) is 7.05 Å². The molecule has 0 aliphatic rings. The van der Waals surface area contributed by atoms with Gasteiger partial charge in [-0.15, -0.1) is 0 Å². The minimum absolute atomic E-state index is 0.265.